The van der Waals surface area contributed by atoms with Crippen molar-refractivity contribution in [2.45, 2.75) is 19.4 Å². The van der Waals surface area contributed by atoms with Crippen LogP contribution in [-0.2, 0) is 6.42 Å². The van der Waals surface area contributed by atoms with Crippen LogP contribution < -0.4 is 5.73 Å². The molecule has 2 rings (SSSR count). The van der Waals surface area contributed by atoms with E-state index in [4.69, 9.17) is 5.73 Å². The minimum Gasteiger partial charge on any atom is -0.324 e. The zero-order chi connectivity index (χ0) is 11.5. The molecular weight excluding hydrogens is 223 g/mol. The Morgan fingerprint density at radius 2 is 2.31 bits per heavy atom. The van der Waals surface area contributed by atoms with Gasteiger partial charge in [0.05, 0.1) is 5.01 Å². The van der Waals surface area contributed by atoms with Crippen molar-refractivity contribution < 1.29 is 4.39 Å². The van der Waals surface area contributed by atoms with Crippen molar-refractivity contribution in [1.29, 1.82) is 0 Å². The van der Waals surface area contributed by atoms with Gasteiger partial charge in [0.15, 0.2) is 0 Å². The van der Waals surface area contributed by atoms with Crippen LogP contribution in [0, 0.1) is 12.7 Å². The molecule has 84 valence electrons. The van der Waals surface area contributed by atoms with Gasteiger partial charge in [0.2, 0.25) is 0 Å². The average molecular weight is 236 g/mol. The summed E-state index contributed by atoms with van der Waals surface area (Å²) in [5.74, 6) is -0.202. The standard InChI is InChI=1S/C12H13FN2S/c1-8-2-3-9(6-10(8)13)11(14)7-12-15-4-5-16-12/h2-6,11H,7,14H2,1H3. The lowest BCUT2D eigenvalue weighted by Gasteiger charge is -2.11. The van der Waals surface area contributed by atoms with Gasteiger partial charge in [0, 0.05) is 24.0 Å². The molecule has 0 aliphatic rings. The number of nitrogens with zero attached hydrogens (tertiary/aromatic N) is 1. The van der Waals surface area contributed by atoms with Crippen LogP contribution in [0.4, 0.5) is 4.39 Å². The molecule has 0 spiro atoms. The van der Waals surface area contributed by atoms with Gasteiger partial charge in [0.25, 0.3) is 0 Å². The molecule has 0 bridgehead atoms. The summed E-state index contributed by atoms with van der Waals surface area (Å²) < 4.78 is 13.3. The highest BCUT2D eigenvalue weighted by molar-refractivity contribution is 7.09. The Bertz CT molecular complexity index is 468. The number of benzene rings is 1. The lowest BCUT2D eigenvalue weighted by molar-refractivity contribution is 0.609. The van der Waals surface area contributed by atoms with E-state index in [2.05, 4.69) is 4.98 Å². The number of halogens is 1. The number of thiazole rings is 1. The molecule has 0 aliphatic heterocycles. The van der Waals surface area contributed by atoms with Crippen molar-refractivity contribution in [2.24, 2.45) is 5.73 Å². The van der Waals surface area contributed by atoms with E-state index >= 15 is 0 Å². The average Bonchev–Trinajstić information content (AvgIpc) is 2.74. The fourth-order valence-electron chi connectivity index (χ4n) is 1.50. The molecular formula is C12H13FN2S. The van der Waals surface area contributed by atoms with Crippen molar-refractivity contribution in [1.82, 2.24) is 4.98 Å². The molecule has 0 fully saturated rings. The van der Waals surface area contributed by atoms with Crippen LogP contribution in [-0.4, -0.2) is 4.98 Å². The van der Waals surface area contributed by atoms with Crippen molar-refractivity contribution in [3.63, 3.8) is 0 Å². The summed E-state index contributed by atoms with van der Waals surface area (Å²) in [7, 11) is 0. The number of hydrogen-bond acceptors (Lipinski definition) is 3. The molecule has 1 aromatic heterocycles. The van der Waals surface area contributed by atoms with E-state index in [1.165, 1.54) is 6.07 Å². The van der Waals surface area contributed by atoms with Crippen LogP contribution in [0.2, 0.25) is 0 Å². The SMILES string of the molecule is Cc1ccc(C(N)Cc2nccs2)cc1F. The summed E-state index contributed by atoms with van der Waals surface area (Å²) in [5.41, 5.74) is 7.47. The van der Waals surface area contributed by atoms with Crippen molar-refractivity contribution in [3.05, 3.63) is 51.7 Å². The minimum absolute atomic E-state index is 0.193. The Morgan fingerprint density at radius 3 is 2.94 bits per heavy atom. The van der Waals surface area contributed by atoms with Crippen LogP contribution in [0.15, 0.2) is 29.8 Å². The molecule has 0 amide bonds. The van der Waals surface area contributed by atoms with E-state index in [1.54, 1.807) is 30.5 Å². The highest BCUT2D eigenvalue weighted by atomic mass is 32.1. The van der Waals surface area contributed by atoms with Crippen molar-refractivity contribution in [2.75, 3.05) is 0 Å². The molecule has 2 nitrogen and oxygen atoms in total. The summed E-state index contributed by atoms with van der Waals surface area (Å²) in [6, 6.07) is 4.94. The summed E-state index contributed by atoms with van der Waals surface area (Å²) >= 11 is 1.57. The lowest BCUT2D eigenvalue weighted by atomic mass is 10.0. The summed E-state index contributed by atoms with van der Waals surface area (Å²) in [6.45, 7) is 1.74. The molecule has 2 N–H and O–H groups in total. The third-order valence-corrected chi connectivity index (χ3v) is 3.30. The van der Waals surface area contributed by atoms with Gasteiger partial charge in [-0.15, -0.1) is 11.3 Å². The second-order valence-electron chi connectivity index (χ2n) is 3.75. The zero-order valence-electron chi connectivity index (χ0n) is 8.98. The smallest absolute Gasteiger partial charge is 0.126 e. The lowest BCUT2D eigenvalue weighted by Crippen LogP contribution is -2.13. The second-order valence-corrected chi connectivity index (χ2v) is 4.72. The molecule has 0 saturated heterocycles. The van der Waals surface area contributed by atoms with E-state index in [0.717, 1.165) is 10.6 Å². The Labute approximate surface area is 97.9 Å². The van der Waals surface area contributed by atoms with Crippen LogP contribution >= 0.6 is 11.3 Å². The highest BCUT2D eigenvalue weighted by Crippen LogP contribution is 2.19. The summed E-state index contributed by atoms with van der Waals surface area (Å²) in [4.78, 5) is 4.17. The summed E-state index contributed by atoms with van der Waals surface area (Å²) in [6.07, 6.45) is 2.41. The van der Waals surface area contributed by atoms with Crippen LogP contribution in [0.5, 0.6) is 0 Å². The number of hydrogen-bond donors (Lipinski definition) is 1. The molecule has 4 heteroatoms. The Balaban J connectivity index is 2.14. The van der Waals surface area contributed by atoms with Gasteiger partial charge in [-0.2, -0.15) is 0 Å². The van der Waals surface area contributed by atoms with Gasteiger partial charge in [-0.3, -0.25) is 0 Å². The topological polar surface area (TPSA) is 38.9 Å². The Kier molecular flexibility index (Phi) is 3.31. The quantitative estimate of drug-likeness (QED) is 0.890. The van der Waals surface area contributed by atoms with E-state index < -0.39 is 0 Å². The monoisotopic (exact) mass is 236 g/mol. The van der Waals surface area contributed by atoms with Gasteiger partial charge >= 0.3 is 0 Å². The minimum atomic E-state index is -0.202. The highest BCUT2D eigenvalue weighted by Gasteiger charge is 2.10. The molecule has 1 aromatic carbocycles. The van der Waals surface area contributed by atoms with Crippen molar-refractivity contribution in [3.8, 4) is 0 Å². The molecule has 1 heterocycles. The first-order chi connectivity index (χ1) is 7.66. The maximum absolute atomic E-state index is 13.3. The first-order valence-electron chi connectivity index (χ1n) is 5.07. The van der Waals surface area contributed by atoms with Crippen LogP contribution in [0.1, 0.15) is 22.2 Å². The predicted octanol–water partition coefficient (Wildman–Crippen LogP) is 2.83. The second kappa shape index (κ2) is 4.72. The molecule has 16 heavy (non-hydrogen) atoms. The van der Waals surface area contributed by atoms with Crippen LogP contribution in [0.3, 0.4) is 0 Å². The van der Waals surface area contributed by atoms with Gasteiger partial charge in [-0.25, -0.2) is 9.37 Å². The molecule has 0 radical (unpaired) electrons. The predicted molar refractivity (Wildman–Crippen MR) is 63.9 cm³/mol. The first kappa shape index (κ1) is 11.2. The van der Waals surface area contributed by atoms with E-state index in [-0.39, 0.29) is 11.9 Å². The number of nitrogens with two attached hydrogens (primary N) is 1. The fraction of sp³-hybridized carbons (Fsp3) is 0.250. The number of aromatic nitrogens is 1. The molecule has 0 saturated carbocycles. The Morgan fingerprint density at radius 1 is 1.50 bits per heavy atom. The maximum atomic E-state index is 13.3. The Hall–Kier alpha value is -1.26. The molecule has 0 aliphatic carbocycles. The molecule has 2 aromatic rings. The summed E-state index contributed by atoms with van der Waals surface area (Å²) in [5, 5.41) is 2.89. The largest absolute Gasteiger partial charge is 0.324 e. The van der Waals surface area contributed by atoms with E-state index in [1.807, 2.05) is 11.4 Å². The van der Waals surface area contributed by atoms with E-state index in [9.17, 15) is 4.39 Å². The number of rotatable bonds is 3. The fourth-order valence-corrected chi connectivity index (χ4v) is 2.18. The third kappa shape index (κ3) is 2.46. The first-order valence-corrected chi connectivity index (χ1v) is 5.95. The molecule has 1 unspecified atom stereocenters. The number of aryl methyl sites for hydroxylation is 1. The normalized spacial score (nSPS) is 12.7. The maximum Gasteiger partial charge on any atom is 0.126 e. The van der Waals surface area contributed by atoms with Gasteiger partial charge in [-0.05, 0) is 24.1 Å². The van der Waals surface area contributed by atoms with Crippen LogP contribution in [0.25, 0.3) is 0 Å². The zero-order valence-corrected chi connectivity index (χ0v) is 9.80. The molecule has 1 atom stereocenters. The van der Waals surface area contributed by atoms with Gasteiger partial charge in [0.1, 0.15) is 5.82 Å². The van der Waals surface area contributed by atoms with Crippen molar-refractivity contribution >= 4 is 11.3 Å². The van der Waals surface area contributed by atoms with Gasteiger partial charge in [-0.1, -0.05) is 12.1 Å². The van der Waals surface area contributed by atoms with E-state index in [0.29, 0.717) is 12.0 Å². The van der Waals surface area contributed by atoms with Gasteiger partial charge < -0.3 is 5.73 Å². The third-order valence-electron chi connectivity index (χ3n) is 2.50.